The van der Waals surface area contributed by atoms with E-state index < -0.39 is 0 Å². The summed E-state index contributed by atoms with van der Waals surface area (Å²) in [4.78, 5) is 16.0. The highest BCUT2D eigenvalue weighted by atomic mass is 16.5. The van der Waals surface area contributed by atoms with Crippen LogP contribution < -0.4 is 10.6 Å². The number of methoxy groups -OCH3 is 1. The normalized spacial score (nSPS) is 24.8. The number of ether oxygens (including phenoxy) is 1. The first kappa shape index (κ1) is 13.0. The lowest BCUT2D eigenvalue weighted by Crippen LogP contribution is -2.41. The molecule has 5 heteroatoms. The van der Waals surface area contributed by atoms with E-state index in [0.29, 0.717) is 0 Å². The van der Waals surface area contributed by atoms with Crippen molar-refractivity contribution in [3.63, 3.8) is 0 Å². The Balaban J connectivity index is 1.88. The fraction of sp³-hybridized carbons (Fsp3) is 0.538. The molecule has 3 atom stereocenters. The molecular formula is C13H19N3O2. The Hall–Kier alpha value is -1.46. The molecule has 1 fully saturated rings. The van der Waals surface area contributed by atoms with Gasteiger partial charge in [-0.2, -0.15) is 0 Å². The minimum atomic E-state index is -0.153. The van der Waals surface area contributed by atoms with Gasteiger partial charge in [-0.3, -0.25) is 9.78 Å². The van der Waals surface area contributed by atoms with Gasteiger partial charge >= 0.3 is 0 Å². The van der Waals surface area contributed by atoms with E-state index in [1.54, 1.807) is 19.5 Å². The molecule has 0 aliphatic carbocycles. The zero-order valence-electron chi connectivity index (χ0n) is 10.7. The molecule has 0 bridgehead atoms. The Labute approximate surface area is 107 Å². The molecule has 0 aromatic carbocycles. The Morgan fingerprint density at radius 1 is 1.56 bits per heavy atom. The van der Waals surface area contributed by atoms with E-state index in [-0.39, 0.29) is 24.1 Å². The molecule has 2 N–H and O–H groups in total. The van der Waals surface area contributed by atoms with E-state index in [4.69, 9.17) is 4.74 Å². The van der Waals surface area contributed by atoms with Crippen molar-refractivity contribution < 1.29 is 9.53 Å². The molecule has 18 heavy (non-hydrogen) atoms. The summed E-state index contributed by atoms with van der Waals surface area (Å²) in [6.45, 7) is 2.70. The number of carbonyl (C=O) groups excluding carboxylic acids is 1. The maximum atomic E-state index is 12.0. The van der Waals surface area contributed by atoms with Crippen LogP contribution in [-0.4, -0.2) is 36.7 Å². The summed E-state index contributed by atoms with van der Waals surface area (Å²) < 4.78 is 5.23. The van der Waals surface area contributed by atoms with E-state index in [1.165, 1.54) is 0 Å². The summed E-state index contributed by atoms with van der Waals surface area (Å²) in [5.41, 5.74) is 1.06. The van der Waals surface area contributed by atoms with Crippen molar-refractivity contribution in [1.82, 2.24) is 15.6 Å². The highest BCUT2D eigenvalue weighted by Crippen LogP contribution is 2.13. The van der Waals surface area contributed by atoms with Crippen LogP contribution in [0, 0.1) is 0 Å². The SMILES string of the molecule is COC1CNC(C(=O)N[C@@H](C)c2ccncc2)C1. The summed E-state index contributed by atoms with van der Waals surface area (Å²) in [5.74, 6) is 0.0267. The predicted octanol–water partition coefficient (Wildman–Crippen LogP) is 0.636. The number of nitrogens with zero attached hydrogens (tertiary/aromatic N) is 1. The number of pyridine rings is 1. The standard InChI is InChI=1S/C13H19N3O2/c1-9(10-3-5-14-6-4-10)16-13(17)12-7-11(18-2)8-15-12/h3-6,9,11-12,15H,7-8H2,1-2H3,(H,16,17)/t9-,11?,12?/m0/s1. The molecule has 2 unspecified atom stereocenters. The van der Waals surface area contributed by atoms with Crippen molar-refractivity contribution in [3.05, 3.63) is 30.1 Å². The second-order valence-electron chi connectivity index (χ2n) is 4.57. The summed E-state index contributed by atoms with van der Waals surface area (Å²) in [5, 5.41) is 6.16. The smallest absolute Gasteiger partial charge is 0.237 e. The van der Waals surface area contributed by atoms with Crippen LogP contribution in [0.2, 0.25) is 0 Å². The minimum Gasteiger partial charge on any atom is -0.380 e. The third-order valence-corrected chi connectivity index (χ3v) is 3.31. The van der Waals surface area contributed by atoms with Crippen molar-refractivity contribution >= 4 is 5.91 Å². The van der Waals surface area contributed by atoms with Crippen molar-refractivity contribution in [2.24, 2.45) is 0 Å². The third kappa shape index (κ3) is 3.05. The molecule has 1 aromatic rings. The lowest BCUT2D eigenvalue weighted by atomic mass is 10.1. The number of rotatable bonds is 4. The second-order valence-corrected chi connectivity index (χ2v) is 4.57. The molecule has 2 heterocycles. The van der Waals surface area contributed by atoms with Crippen LogP contribution in [0.15, 0.2) is 24.5 Å². The average Bonchev–Trinajstić information content (AvgIpc) is 2.88. The topological polar surface area (TPSA) is 63.2 Å². The molecule has 1 aliphatic heterocycles. The molecule has 0 saturated carbocycles. The van der Waals surface area contributed by atoms with Gasteiger partial charge in [-0.25, -0.2) is 0 Å². The van der Waals surface area contributed by atoms with Crippen LogP contribution in [0.4, 0.5) is 0 Å². The summed E-state index contributed by atoms with van der Waals surface area (Å²) >= 11 is 0. The number of amides is 1. The maximum absolute atomic E-state index is 12.0. The first-order chi connectivity index (χ1) is 8.70. The van der Waals surface area contributed by atoms with Crippen molar-refractivity contribution in [3.8, 4) is 0 Å². The van der Waals surface area contributed by atoms with Gasteiger partial charge in [0.1, 0.15) is 0 Å². The molecule has 5 nitrogen and oxygen atoms in total. The van der Waals surface area contributed by atoms with Gasteiger partial charge in [0.15, 0.2) is 0 Å². The maximum Gasteiger partial charge on any atom is 0.237 e. The van der Waals surface area contributed by atoms with Crippen LogP contribution in [-0.2, 0) is 9.53 Å². The van der Waals surface area contributed by atoms with E-state index >= 15 is 0 Å². The summed E-state index contributed by atoms with van der Waals surface area (Å²) in [7, 11) is 1.67. The zero-order chi connectivity index (χ0) is 13.0. The Morgan fingerprint density at radius 2 is 2.28 bits per heavy atom. The molecule has 0 spiro atoms. The first-order valence-corrected chi connectivity index (χ1v) is 6.17. The van der Waals surface area contributed by atoms with E-state index in [1.807, 2.05) is 19.1 Å². The Bertz CT molecular complexity index is 396. The van der Waals surface area contributed by atoms with E-state index in [9.17, 15) is 4.79 Å². The van der Waals surface area contributed by atoms with Gasteiger partial charge in [-0.15, -0.1) is 0 Å². The number of hydrogen-bond acceptors (Lipinski definition) is 4. The van der Waals surface area contributed by atoms with Gasteiger partial charge in [0.2, 0.25) is 5.91 Å². The van der Waals surface area contributed by atoms with Crippen LogP contribution in [0.1, 0.15) is 24.9 Å². The molecule has 0 radical (unpaired) electrons. The van der Waals surface area contributed by atoms with Crippen LogP contribution in [0.5, 0.6) is 0 Å². The Morgan fingerprint density at radius 3 is 2.89 bits per heavy atom. The highest BCUT2D eigenvalue weighted by molar-refractivity contribution is 5.82. The van der Waals surface area contributed by atoms with Crippen molar-refractivity contribution in [1.29, 1.82) is 0 Å². The van der Waals surface area contributed by atoms with Crippen LogP contribution >= 0.6 is 0 Å². The van der Waals surface area contributed by atoms with Gasteiger partial charge in [-0.1, -0.05) is 0 Å². The summed E-state index contributed by atoms with van der Waals surface area (Å²) in [6, 6.07) is 3.65. The second kappa shape index (κ2) is 5.93. The molecule has 98 valence electrons. The fourth-order valence-corrected chi connectivity index (χ4v) is 2.13. The largest absolute Gasteiger partial charge is 0.380 e. The zero-order valence-corrected chi connectivity index (χ0v) is 10.7. The lowest BCUT2D eigenvalue weighted by molar-refractivity contribution is -0.123. The number of nitrogens with one attached hydrogen (secondary N) is 2. The van der Waals surface area contributed by atoms with Crippen molar-refractivity contribution in [2.45, 2.75) is 31.5 Å². The monoisotopic (exact) mass is 249 g/mol. The third-order valence-electron chi connectivity index (χ3n) is 3.31. The lowest BCUT2D eigenvalue weighted by Gasteiger charge is -2.17. The van der Waals surface area contributed by atoms with E-state index in [2.05, 4.69) is 15.6 Å². The fourth-order valence-electron chi connectivity index (χ4n) is 2.13. The first-order valence-electron chi connectivity index (χ1n) is 6.17. The number of carbonyl (C=O) groups is 1. The average molecular weight is 249 g/mol. The summed E-state index contributed by atoms with van der Waals surface area (Å²) in [6.07, 6.45) is 4.32. The molecule has 1 aliphatic rings. The molecular weight excluding hydrogens is 230 g/mol. The Kier molecular flexibility index (Phi) is 4.28. The van der Waals surface area contributed by atoms with Gasteiger partial charge in [0.05, 0.1) is 18.2 Å². The predicted molar refractivity (Wildman–Crippen MR) is 68.0 cm³/mol. The van der Waals surface area contributed by atoms with Crippen LogP contribution in [0.3, 0.4) is 0 Å². The van der Waals surface area contributed by atoms with Crippen LogP contribution in [0.25, 0.3) is 0 Å². The molecule has 2 rings (SSSR count). The van der Waals surface area contributed by atoms with Gasteiger partial charge in [0.25, 0.3) is 0 Å². The molecule has 1 aromatic heterocycles. The van der Waals surface area contributed by atoms with E-state index in [0.717, 1.165) is 18.5 Å². The quantitative estimate of drug-likeness (QED) is 0.822. The van der Waals surface area contributed by atoms with Gasteiger partial charge in [0, 0.05) is 26.0 Å². The molecule has 1 saturated heterocycles. The van der Waals surface area contributed by atoms with Gasteiger partial charge < -0.3 is 15.4 Å². The van der Waals surface area contributed by atoms with Gasteiger partial charge in [-0.05, 0) is 31.0 Å². The number of aromatic nitrogens is 1. The number of hydrogen-bond donors (Lipinski definition) is 2. The van der Waals surface area contributed by atoms with Crippen molar-refractivity contribution in [2.75, 3.05) is 13.7 Å². The molecule has 1 amide bonds. The minimum absolute atomic E-state index is 0.0103. The highest BCUT2D eigenvalue weighted by Gasteiger charge is 2.29.